The molecule has 1 aliphatic heterocycles. The molecule has 5 nitrogen and oxygen atoms in total. The number of amides is 1. The third-order valence-electron chi connectivity index (χ3n) is 3.66. The number of hydrogen-bond donors (Lipinski definition) is 1. The van der Waals surface area contributed by atoms with Gasteiger partial charge in [0.25, 0.3) is 0 Å². The van der Waals surface area contributed by atoms with Gasteiger partial charge in [-0.2, -0.15) is 0 Å². The van der Waals surface area contributed by atoms with Crippen LogP contribution in [0.4, 0.5) is 10.5 Å². The van der Waals surface area contributed by atoms with E-state index >= 15 is 0 Å². The van der Waals surface area contributed by atoms with Crippen molar-refractivity contribution in [1.82, 2.24) is 4.90 Å². The quantitative estimate of drug-likeness (QED) is 0.942. The molecule has 0 radical (unpaired) electrons. The van der Waals surface area contributed by atoms with E-state index in [1.807, 2.05) is 42.5 Å². The van der Waals surface area contributed by atoms with E-state index in [0.717, 1.165) is 38.5 Å². The molecule has 1 aliphatic rings. The zero-order valence-electron chi connectivity index (χ0n) is 12.9. The number of rotatable bonds is 4. The summed E-state index contributed by atoms with van der Waals surface area (Å²) in [7, 11) is 0. The van der Waals surface area contributed by atoms with Crippen LogP contribution in [0.25, 0.3) is 0 Å². The lowest BCUT2D eigenvalue weighted by atomic mass is 10.2. The highest BCUT2D eigenvalue weighted by Gasteiger charge is 2.11. The lowest BCUT2D eigenvalue weighted by Gasteiger charge is -2.26. The topological polar surface area (TPSA) is 50.8 Å². The first-order valence-electron chi connectivity index (χ1n) is 7.72. The van der Waals surface area contributed by atoms with Crippen LogP contribution in [0.3, 0.4) is 0 Å². The SMILES string of the molecule is O=C(Nc1ccc(CN2CCOCC2)cc1)Oc1ccccc1. The fourth-order valence-electron chi connectivity index (χ4n) is 2.45. The Balaban J connectivity index is 1.51. The third kappa shape index (κ3) is 4.81. The minimum Gasteiger partial charge on any atom is -0.410 e. The molecule has 0 aliphatic carbocycles. The number of ether oxygens (including phenoxy) is 2. The number of benzene rings is 2. The number of nitrogens with one attached hydrogen (secondary N) is 1. The summed E-state index contributed by atoms with van der Waals surface area (Å²) in [6.07, 6.45) is -0.489. The van der Waals surface area contributed by atoms with Gasteiger partial charge in [0, 0.05) is 25.3 Å². The second-order valence-corrected chi connectivity index (χ2v) is 5.41. The molecule has 1 heterocycles. The molecule has 2 aromatic rings. The van der Waals surface area contributed by atoms with Gasteiger partial charge in [-0.3, -0.25) is 10.2 Å². The molecule has 1 saturated heterocycles. The summed E-state index contributed by atoms with van der Waals surface area (Å²) in [5.74, 6) is 0.522. The van der Waals surface area contributed by atoms with Gasteiger partial charge in [0.2, 0.25) is 0 Å². The third-order valence-corrected chi connectivity index (χ3v) is 3.66. The Bertz CT molecular complexity index is 622. The van der Waals surface area contributed by atoms with Crippen molar-refractivity contribution in [3.8, 4) is 5.75 Å². The number of para-hydroxylation sites is 1. The highest BCUT2D eigenvalue weighted by molar-refractivity contribution is 5.86. The van der Waals surface area contributed by atoms with Crippen LogP contribution in [0, 0.1) is 0 Å². The first-order valence-corrected chi connectivity index (χ1v) is 7.72. The lowest BCUT2D eigenvalue weighted by molar-refractivity contribution is 0.0342. The number of carbonyl (C=O) groups is 1. The van der Waals surface area contributed by atoms with Crippen molar-refractivity contribution in [1.29, 1.82) is 0 Å². The molecule has 3 rings (SSSR count). The molecule has 0 spiro atoms. The normalized spacial score (nSPS) is 15.1. The van der Waals surface area contributed by atoms with Crippen molar-refractivity contribution < 1.29 is 14.3 Å². The summed E-state index contributed by atoms with van der Waals surface area (Å²) in [6.45, 7) is 4.42. The summed E-state index contributed by atoms with van der Waals surface area (Å²) >= 11 is 0. The highest BCUT2D eigenvalue weighted by Crippen LogP contribution is 2.14. The number of morpholine rings is 1. The lowest BCUT2D eigenvalue weighted by Crippen LogP contribution is -2.35. The van der Waals surface area contributed by atoms with Gasteiger partial charge in [-0.15, -0.1) is 0 Å². The average molecular weight is 312 g/mol. The van der Waals surface area contributed by atoms with Gasteiger partial charge in [0.1, 0.15) is 5.75 Å². The van der Waals surface area contributed by atoms with E-state index < -0.39 is 6.09 Å². The maximum Gasteiger partial charge on any atom is 0.417 e. The van der Waals surface area contributed by atoms with Crippen LogP contribution in [-0.2, 0) is 11.3 Å². The molecule has 2 aromatic carbocycles. The maximum atomic E-state index is 11.8. The molecule has 0 aromatic heterocycles. The molecule has 120 valence electrons. The molecule has 1 fully saturated rings. The molecular formula is C18H20N2O3. The minimum atomic E-state index is -0.489. The van der Waals surface area contributed by atoms with Gasteiger partial charge in [-0.05, 0) is 29.8 Å². The Morgan fingerprint density at radius 1 is 1.04 bits per heavy atom. The van der Waals surface area contributed by atoms with Crippen LogP contribution >= 0.6 is 0 Å². The highest BCUT2D eigenvalue weighted by atomic mass is 16.6. The van der Waals surface area contributed by atoms with Crippen molar-refractivity contribution >= 4 is 11.8 Å². The summed E-state index contributed by atoms with van der Waals surface area (Å²) in [4.78, 5) is 14.2. The van der Waals surface area contributed by atoms with Gasteiger partial charge < -0.3 is 9.47 Å². The van der Waals surface area contributed by atoms with Gasteiger partial charge >= 0.3 is 6.09 Å². The van der Waals surface area contributed by atoms with Crippen molar-refractivity contribution in [3.05, 3.63) is 60.2 Å². The van der Waals surface area contributed by atoms with E-state index in [0.29, 0.717) is 5.75 Å². The zero-order valence-corrected chi connectivity index (χ0v) is 12.9. The first kappa shape index (κ1) is 15.5. The molecular weight excluding hydrogens is 292 g/mol. The van der Waals surface area contributed by atoms with Gasteiger partial charge in [-0.1, -0.05) is 30.3 Å². The molecule has 23 heavy (non-hydrogen) atoms. The van der Waals surface area contributed by atoms with E-state index in [4.69, 9.17) is 9.47 Å². The summed E-state index contributed by atoms with van der Waals surface area (Å²) < 4.78 is 10.5. The number of nitrogens with zero attached hydrogens (tertiary/aromatic N) is 1. The predicted octanol–water partition coefficient (Wildman–Crippen LogP) is 3.13. The molecule has 1 amide bonds. The van der Waals surface area contributed by atoms with E-state index in [1.54, 1.807) is 12.1 Å². The Morgan fingerprint density at radius 2 is 1.74 bits per heavy atom. The molecule has 5 heteroatoms. The first-order chi connectivity index (χ1) is 11.3. The molecule has 0 bridgehead atoms. The Hall–Kier alpha value is -2.37. The fraction of sp³-hybridized carbons (Fsp3) is 0.278. The van der Waals surface area contributed by atoms with Crippen LogP contribution in [0.5, 0.6) is 5.75 Å². The van der Waals surface area contributed by atoms with Crippen LogP contribution in [0.15, 0.2) is 54.6 Å². The van der Waals surface area contributed by atoms with Crippen LogP contribution in [0.1, 0.15) is 5.56 Å². The van der Waals surface area contributed by atoms with E-state index in [2.05, 4.69) is 10.2 Å². The monoisotopic (exact) mass is 312 g/mol. The molecule has 0 atom stereocenters. The molecule has 0 saturated carbocycles. The maximum absolute atomic E-state index is 11.8. The second-order valence-electron chi connectivity index (χ2n) is 5.41. The Kier molecular flexibility index (Phi) is 5.24. The minimum absolute atomic E-state index is 0.489. The smallest absolute Gasteiger partial charge is 0.410 e. The number of anilines is 1. The molecule has 0 unspecified atom stereocenters. The number of hydrogen-bond acceptors (Lipinski definition) is 4. The van der Waals surface area contributed by atoms with Crippen molar-refractivity contribution in [2.45, 2.75) is 6.54 Å². The predicted molar refractivity (Wildman–Crippen MR) is 88.6 cm³/mol. The van der Waals surface area contributed by atoms with Crippen LogP contribution in [0.2, 0.25) is 0 Å². The van der Waals surface area contributed by atoms with Gasteiger partial charge in [-0.25, -0.2) is 4.79 Å². The van der Waals surface area contributed by atoms with Crippen LogP contribution < -0.4 is 10.1 Å². The fourth-order valence-corrected chi connectivity index (χ4v) is 2.45. The average Bonchev–Trinajstić information content (AvgIpc) is 2.58. The zero-order chi connectivity index (χ0) is 15.9. The molecule has 1 N–H and O–H groups in total. The van der Waals surface area contributed by atoms with Gasteiger partial charge in [0.05, 0.1) is 13.2 Å². The van der Waals surface area contributed by atoms with Crippen molar-refractivity contribution in [2.75, 3.05) is 31.6 Å². The van der Waals surface area contributed by atoms with E-state index in [9.17, 15) is 4.79 Å². The van der Waals surface area contributed by atoms with E-state index in [1.165, 1.54) is 5.56 Å². The summed E-state index contributed by atoms with van der Waals surface area (Å²) in [6, 6.07) is 16.8. The van der Waals surface area contributed by atoms with Crippen molar-refractivity contribution in [2.24, 2.45) is 0 Å². The summed E-state index contributed by atoms with van der Waals surface area (Å²) in [5, 5.41) is 2.73. The van der Waals surface area contributed by atoms with Crippen LogP contribution in [-0.4, -0.2) is 37.3 Å². The standard InChI is InChI=1S/C18H20N2O3/c21-18(23-17-4-2-1-3-5-17)19-16-8-6-15(7-9-16)14-20-10-12-22-13-11-20/h1-9H,10-14H2,(H,19,21). The second kappa shape index (κ2) is 7.76. The van der Waals surface area contributed by atoms with Gasteiger partial charge in [0.15, 0.2) is 0 Å². The Labute approximate surface area is 135 Å². The van der Waals surface area contributed by atoms with E-state index in [-0.39, 0.29) is 0 Å². The Morgan fingerprint density at radius 3 is 2.43 bits per heavy atom. The summed E-state index contributed by atoms with van der Waals surface area (Å²) in [5.41, 5.74) is 1.94. The number of carbonyl (C=O) groups excluding carboxylic acids is 1. The largest absolute Gasteiger partial charge is 0.417 e. The van der Waals surface area contributed by atoms with Crippen molar-refractivity contribution in [3.63, 3.8) is 0 Å².